The van der Waals surface area contributed by atoms with Crippen LogP contribution in [0.25, 0.3) is 0 Å². The molecule has 5 aliphatic rings. The van der Waals surface area contributed by atoms with Gasteiger partial charge in [-0.1, -0.05) is 48.5 Å². The summed E-state index contributed by atoms with van der Waals surface area (Å²) < 4.78 is 38.6. The molecule has 4 fully saturated rings. The molecule has 0 radical (unpaired) electrons. The van der Waals surface area contributed by atoms with Gasteiger partial charge in [0.1, 0.15) is 11.9 Å². The number of ether oxygens (including phenoxy) is 6. The molecule has 5 heterocycles. The van der Waals surface area contributed by atoms with E-state index in [9.17, 15) is 24.9 Å². The van der Waals surface area contributed by atoms with Crippen molar-refractivity contribution < 1.29 is 53.3 Å². The van der Waals surface area contributed by atoms with Crippen LogP contribution in [-0.4, -0.2) is 99.7 Å². The molecule has 4 saturated heterocycles. The third kappa shape index (κ3) is 8.07. The molecule has 5 rings (SSSR count). The average molecular weight is 751 g/mol. The zero-order chi connectivity index (χ0) is 39.1. The summed E-state index contributed by atoms with van der Waals surface area (Å²) in [4.78, 5) is 26.8. The fraction of sp³-hybridized carbons (Fsp3) is 0.905. The molecule has 17 atom stereocenters. The third-order valence-electron chi connectivity index (χ3n) is 14.2. The van der Waals surface area contributed by atoms with Gasteiger partial charge < -0.3 is 43.7 Å². The summed E-state index contributed by atoms with van der Waals surface area (Å²) in [5, 5.41) is 34.1. The van der Waals surface area contributed by atoms with E-state index in [1.54, 1.807) is 19.1 Å². The second-order valence-electron chi connectivity index (χ2n) is 17.6. The molecule has 0 aromatic carbocycles. The maximum absolute atomic E-state index is 14.4. The number of Topliss-reactive ketones (excluding diaryl/α,β-unsaturated/α-hetero) is 1. The molecule has 53 heavy (non-hydrogen) atoms. The van der Waals surface area contributed by atoms with Crippen LogP contribution in [0.3, 0.4) is 0 Å². The number of methoxy groups -OCH3 is 1. The van der Waals surface area contributed by atoms with Crippen LogP contribution in [0.4, 0.5) is 0 Å². The van der Waals surface area contributed by atoms with Gasteiger partial charge in [-0.05, 0) is 96.1 Å². The highest BCUT2D eigenvalue weighted by Gasteiger charge is 2.63. The van der Waals surface area contributed by atoms with Crippen molar-refractivity contribution in [2.45, 2.75) is 198 Å². The molecule has 5 aliphatic heterocycles. The normalized spacial score (nSPS) is 44.7. The van der Waals surface area contributed by atoms with Crippen LogP contribution in [0.5, 0.6) is 0 Å². The lowest BCUT2D eigenvalue weighted by Crippen LogP contribution is -2.63. The lowest BCUT2D eigenvalue weighted by atomic mass is 9.73. The van der Waals surface area contributed by atoms with Gasteiger partial charge in [0.25, 0.3) is 0 Å². The molecule has 0 aromatic heterocycles. The maximum atomic E-state index is 14.4. The summed E-state index contributed by atoms with van der Waals surface area (Å²) >= 11 is 0. The van der Waals surface area contributed by atoms with Crippen molar-refractivity contribution in [3.63, 3.8) is 0 Å². The van der Waals surface area contributed by atoms with Crippen LogP contribution in [0.1, 0.15) is 133 Å². The largest absolute Gasteiger partial charge is 0.469 e. The highest BCUT2D eigenvalue weighted by molar-refractivity contribution is 5.84. The van der Waals surface area contributed by atoms with Gasteiger partial charge in [-0.25, -0.2) is 0 Å². The number of aliphatic hydroxyl groups excluding tert-OH is 2. The number of aliphatic hydroxyl groups is 3. The van der Waals surface area contributed by atoms with Gasteiger partial charge in [-0.3, -0.25) is 9.59 Å². The molecule has 0 aromatic rings. The second-order valence-corrected chi connectivity index (χ2v) is 17.6. The monoisotopic (exact) mass is 750 g/mol. The molecule has 11 nitrogen and oxygen atoms in total. The Bertz CT molecular complexity index is 1310. The van der Waals surface area contributed by atoms with Crippen LogP contribution < -0.4 is 0 Å². The first-order chi connectivity index (χ1) is 24.9. The van der Waals surface area contributed by atoms with E-state index in [4.69, 9.17) is 28.4 Å². The fourth-order valence-electron chi connectivity index (χ4n) is 10.3. The van der Waals surface area contributed by atoms with Crippen molar-refractivity contribution in [1.82, 2.24) is 0 Å². The van der Waals surface area contributed by atoms with Gasteiger partial charge in [0, 0.05) is 30.1 Å². The van der Waals surface area contributed by atoms with Crippen molar-refractivity contribution >= 4 is 11.8 Å². The second kappa shape index (κ2) is 16.6. The zero-order valence-corrected chi connectivity index (χ0v) is 34.0. The number of hydrogen-bond acceptors (Lipinski definition) is 11. The Balaban J connectivity index is 1.29. The van der Waals surface area contributed by atoms with Gasteiger partial charge in [0.05, 0.1) is 60.9 Å². The highest BCUT2D eigenvalue weighted by atomic mass is 16.8. The Morgan fingerprint density at radius 2 is 1.62 bits per heavy atom. The van der Waals surface area contributed by atoms with E-state index >= 15 is 0 Å². The molecule has 0 saturated carbocycles. The molecule has 11 heteroatoms. The van der Waals surface area contributed by atoms with Gasteiger partial charge in [-0.15, -0.1) is 0 Å². The van der Waals surface area contributed by atoms with Crippen LogP contribution in [0.15, 0.2) is 12.2 Å². The predicted octanol–water partition coefficient (Wildman–Crippen LogP) is 6.03. The van der Waals surface area contributed by atoms with Crippen molar-refractivity contribution in [3.05, 3.63) is 12.2 Å². The number of carbonyl (C=O) groups is 2. The summed E-state index contributed by atoms with van der Waals surface area (Å²) in [6, 6.07) is 0. The highest BCUT2D eigenvalue weighted by Crippen LogP contribution is 2.54. The number of carbonyl (C=O) groups excluding carboxylic acids is 2. The van der Waals surface area contributed by atoms with Crippen LogP contribution in [0, 0.1) is 35.5 Å². The Labute approximate surface area is 317 Å². The summed E-state index contributed by atoms with van der Waals surface area (Å²) in [5.41, 5.74) is -1.62. The Kier molecular flexibility index (Phi) is 13.4. The first kappa shape index (κ1) is 42.7. The summed E-state index contributed by atoms with van der Waals surface area (Å²) in [6.45, 7) is 17.7. The number of hydrogen-bond donors (Lipinski definition) is 3. The fourth-order valence-corrected chi connectivity index (χ4v) is 10.3. The lowest BCUT2D eigenvalue weighted by molar-refractivity contribution is -0.409. The Hall–Kier alpha value is -1.44. The smallest absolute Gasteiger partial charge is 0.311 e. The SMILES string of the molecule is CC[C@@H](C(=O)[C@@H](C)[C@@H](O)[C@H](C)[C@H]1CCC[C@H]([C@@H](CC)C(=O)OC)O1)[C@H]1O[C@@]2(C=C[C@H](O)[C@]3(CC[C@@](C)([C@H]4CC[C@](O)(CC)[C@H](C)O4)O3)O2)[C@H](C)C[C@@H]1C. The standard InChI is InChI=1S/C42H70O11/c1-11-29(38(46)48-10)32-16-14-15-31(50-32)26(6)35(44)27(7)36(45)30(12-2)37-24(4)23-25(5)41(51-37)20-17-33(43)42(53-41)22-21-39(9,52-42)34-18-19-40(47,13-3)28(8)49-34/h17,20,24-35,37,43-44,47H,11-16,18-19,21-23H2,1-10H3/t24-,25+,26+,27-,28-,29+,30-,31+,32+,33-,34+,35-,37-,39-,40+,41+,42-/m0/s1. The molecule has 0 unspecified atom stereocenters. The van der Waals surface area contributed by atoms with Crippen LogP contribution >= 0.6 is 0 Å². The number of ketones is 1. The number of rotatable bonds is 12. The number of esters is 1. The van der Waals surface area contributed by atoms with E-state index in [1.165, 1.54) is 7.11 Å². The molecule has 3 N–H and O–H groups in total. The topological polar surface area (TPSA) is 150 Å². The van der Waals surface area contributed by atoms with Crippen molar-refractivity contribution in [2.75, 3.05) is 7.11 Å². The minimum Gasteiger partial charge on any atom is -0.469 e. The molecule has 0 amide bonds. The van der Waals surface area contributed by atoms with Crippen molar-refractivity contribution in [3.8, 4) is 0 Å². The van der Waals surface area contributed by atoms with E-state index in [2.05, 4.69) is 13.8 Å². The molecule has 2 spiro atoms. The van der Waals surface area contributed by atoms with Gasteiger partial charge in [0.15, 0.2) is 5.79 Å². The lowest BCUT2D eigenvalue weighted by Gasteiger charge is -2.54. The Morgan fingerprint density at radius 1 is 0.943 bits per heavy atom. The van der Waals surface area contributed by atoms with Crippen LogP contribution in [0.2, 0.25) is 0 Å². The van der Waals surface area contributed by atoms with E-state index in [-0.39, 0.29) is 59.8 Å². The maximum Gasteiger partial charge on any atom is 0.311 e. The minimum absolute atomic E-state index is 0.0297. The summed E-state index contributed by atoms with van der Waals surface area (Å²) in [5.74, 6) is -4.86. The minimum atomic E-state index is -1.36. The predicted molar refractivity (Wildman–Crippen MR) is 198 cm³/mol. The molecule has 304 valence electrons. The first-order valence-corrected chi connectivity index (χ1v) is 20.7. The average Bonchev–Trinajstić information content (AvgIpc) is 3.49. The van der Waals surface area contributed by atoms with Gasteiger partial charge in [-0.2, -0.15) is 0 Å². The van der Waals surface area contributed by atoms with E-state index in [0.717, 1.165) is 25.7 Å². The van der Waals surface area contributed by atoms with Crippen molar-refractivity contribution in [1.29, 1.82) is 0 Å². The van der Waals surface area contributed by atoms with Crippen LogP contribution in [-0.2, 0) is 38.0 Å². The molecular weight excluding hydrogens is 680 g/mol. The summed E-state index contributed by atoms with van der Waals surface area (Å²) in [7, 11) is 1.40. The molecule has 0 aliphatic carbocycles. The van der Waals surface area contributed by atoms with E-state index < -0.39 is 52.9 Å². The third-order valence-corrected chi connectivity index (χ3v) is 14.2. The Morgan fingerprint density at radius 3 is 2.25 bits per heavy atom. The zero-order valence-electron chi connectivity index (χ0n) is 34.0. The first-order valence-electron chi connectivity index (χ1n) is 20.7. The van der Waals surface area contributed by atoms with Gasteiger partial charge in [0.2, 0.25) is 5.79 Å². The molecular formula is C42H70O11. The summed E-state index contributed by atoms with van der Waals surface area (Å²) in [6.07, 6.45) is 6.97. The quantitative estimate of drug-likeness (QED) is 0.159. The molecule has 0 bridgehead atoms. The van der Waals surface area contributed by atoms with E-state index in [0.29, 0.717) is 44.9 Å². The van der Waals surface area contributed by atoms with E-state index in [1.807, 2.05) is 41.5 Å². The van der Waals surface area contributed by atoms with Gasteiger partial charge >= 0.3 is 5.97 Å². The van der Waals surface area contributed by atoms with Crippen molar-refractivity contribution in [2.24, 2.45) is 35.5 Å².